The zero-order valence-electron chi connectivity index (χ0n) is 13.9. The highest BCUT2D eigenvalue weighted by atomic mass is 32.1. The van der Waals surface area contributed by atoms with Crippen molar-refractivity contribution in [3.8, 4) is 16.9 Å². The van der Waals surface area contributed by atoms with Crippen LogP contribution in [0.4, 0.5) is 11.5 Å². The van der Waals surface area contributed by atoms with Crippen LogP contribution in [0.3, 0.4) is 0 Å². The fourth-order valence-electron chi connectivity index (χ4n) is 2.80. The van der Waals surface area contributed by atoms with Gasteiger partial charge in [-0.2, -0.15) is 0 Å². The van der Waals surface area contributed by atoms with Gasteiger partial charge in [-0.05, 0) is 42.7 Å². The van der Waals surface area contributed by atoms with E-state index < -0.39 is 0 Å². The predicted molar refractivity (Wildman–Crippen MR) is 104 cm³/mol. The first-order valence-corrected chi connectivity index (χ1v) is 8.86. The van der Waals surface area contributed by atoms with Crippen LogP contribution < -0.4 is 5.32 Å². The van der Waals surface area contributed by atoms with Gasteiger partial charge in [0.05, 0.1) is 11.1 Å². The van der Waals surface area contributed by atoms with Gasteiger partial charge in [-0.1, -0.05) is 30.3 Å². The third-order valence-corrected chi connectivity index (χ3v) is 5.23. The van der Waals surface area contributed by atoms with Gasteiger partial charge in [0.1, 0.15) is 22.7 Å². The van der Waals surface area contributed by atoms with Crippen LogP contribution >= 0.6 is 11.3 Å². The van der Waals surface area contributed by atoms with Crippen molar-refractivity contribution >= 4 is 33.1 Å². The van der Waals surface area contributed by atoms with E-state index in [1.165, 1.54) is 11.1 Å². The lowest BCUT2D eigenvalue weighted by Gasteiger charge is -2.10. The number of fused-ring (bicyclic) bond motifs is 1. The number of aromatic hydroxyl groups is 1. The van der Waals surface area contributed by atoms with Crippen molar-refractivity contribution < 1.29 is 5.11 Å². The molecule has 25 heavy (non-hydrogen) atoms. The van der Waals surface area contributed by atoms with Crippen LogP contribution in [0.15, 0.2) is 54.2 Å². The minimum atomic E-state index is 0.192. The molecule has 124 valence electrons. The molecule has 0 fully saturated rings. The zero-order chi connectivity index (χ0) is 17.4. The predicted octanol–water partition coefficient (Wildman–Crippen LogP) is 5.42. The lowest BCUT2D eigenvalue weighted by atomic mass is 10.0. The van der Waals surface area contributed by atoms with Crippen LogP contribution in [0.1, 0.15) is 11.1 Å². The first kappa shape index (κ1) is 15.6. The van der Waals surface area contributed by atoms with Gasteiger partial charge in [0.25, 0.3) is 0 Å². The fraction of sp³-hybridized carbons (Fsp3) is 0.100. The Labute approximate surface area is 149 Å². The number of aryl methyl sites for hydroxylation is 2. The SMILES string of the molecule is Cc1ccc(-c2csc3ncnc(Nc4ccccc4O)c23)cc1C. The second-order valence-electron chi connectivity index (χ2n) is 5.99. The fourth-order valence-corrected chi connectivity index (χ4v) is 3.71. The lowest BCUT2D eigenvalue weighted by molar-refractivity contribution is 0.478. The Morgan fingerprint density at radius 1 is 1.00 bits per heavy atom. The Hall–Kier alpha value is -2.92. The molecule has 4 rings (SSSR count). The second kappa shape index (κ2) is 6.18. The van der Waals surface area contributed by atoms with E-state index in [-0.39, 0.29) is 5.75 Å². The quantitative estimate of drug-likeness (QED) is 0.486. The number of phenols is 1. The molecular formula is C20H17N3OS. The molecule has 0 atom stereocenters. The molecule has 0 spiro atoms. The summed E-state index contributed by atoms with van der Waals surface area (Å²) in [6.45, 7) is 4.23. The molecule has 2 N–H and O–H groups in total. The van der Waals surface area contributed by atoms with Crippen molar-refractivity contribution in [2.75, 3.05) is 5.32 Å². The maximum absolute atomic E-state index is 10.0. The number of nitrogens with one attached hydrogen (secondary N) is 1. The van der Waals surface area contributed by atoms with E-state index in [1.807, 2.05) is 12.1 Å². The van der Waals surface area contributed by atoms with Crippen LogP contribution in [0.5, 0.6) is 5.75 Å². The van der Waals surface area contributed by atoms with E-state index in [0.29, 0.717) is 11.5 Å². The third kappa shape index (κ3) is 2.83. The van der Waals surface area contributed by atoms with Crippen molar-refractivity contribution in [3.05, 3.63) is 65.3 Å². The van der Waals surface area contributed by atoms with Gasteiger partial charge in [-0.15, -0.1) is 11.3 Å². The van der Waals surface area contributed by atoms with Crippen LogP contribution in [-0.2, 0) is 0 Å². The highest BCUT2D eigenvalue weighted by Crippen LogP contribution is 2.38. The molecule has 4 aromatic rings. The second-order valence-corrected chi connectivity index (χ2v) is 6.85. The summed E-state index contributed by atoms with van der Waals surface area (Å²) in [7, 11) is 0. The van der Waals surface area contributed by atoms with Crippen LogP contribution in [-0.4, -0.2) is 15.1 Å². The Bertz CT molecular complexity index is 1070. The Morgan fingerprint density at radius 2 is 1.84 bits per heavy atom. The number of hydrogen-bond acceptors (Lipinski definition) is 5. The molecule has 0 saturated carbocycles. The van der Waals surface area contributed by atoms with Gasteiger partial charge in [-0.25, -0.2) is 9.97 Å². The van der Waals surface area contributed by atoms with Crippen molar-refractivity contribution in [1.82, 2.24) is 9.97 Å². The molecule has 0 radical (unpaired) electrons. The normalized spacial score (nSPS) is 11.0. The van der Waals surface area contributed by atoms with Crippen molar-refractivity contribution in [1.29, 1.82) is 0 Å². The number of thiophene rings is 1. The highest BCUT2D eigenvalue weighted by Gasteiger charge is 2.14. The van der Waals surface area contributed by atoms with Gasteiger partial charge in [-0.3, -0.25) is 0 Å². The van der Waals surface area contributed by atoms with Gasteiger partial charge in [0.15, 0.2) is 0 Å². The average molecular weight is 347 g/mol. The van der Waals surface area contributed by atoms with E-state index in [0.717, 1.165) is 21.3 Å². The van der Waals surface area contributed by atoms with Crippen LogP contribution in [0, 0.1) is 13.8 Å². The zero-order valence-corrected chi connectivity index (χ0v) is 14.8. The molecule has 4 nitrogen and oxygen atoms in total. The van der Waals surface area contributed by atoms with Gasteiger partial charge in [0, 0.05) is 10.9 Å². The van der Waals surface area contributed by atoms with Crippen molar-refractivity contribution in [3.63, 3.8) is 0 Å². The molecule has 2 aromatic carbocycles. The van der Waals surface area contributed by atoms with E-state index in [4.69, 9.17) is 0 Å². The summed E-state index contributed by atoms with van der Waals surface area (Å²) in [5, 5.41) is 16.4. The Morgan fingerprint density at radius 3 is 2.64 bits per heavy atom. The maximum Gasteiger partial charge on any atom is 0.143 e. The van der Waals surface area contributed by atoms with E-state index >= 15 is 0 Å². The van der Waals surface area contributed by atoms with E-state index in [9.17, 15) is 5.11 Å². The lowest BCUT2D eigenvalue weighted by Crippen LogP contribution is -1.96. The largest absolute Gasteiger partial charge is 0.506 e. The van der Waals surface area contributed by atoms with Crippen molar-refractivity contribution in [2.24, 2.45) is 0 Å². The number of nitrogens with zero attached hydrogens (tertiary/aromatic N) is 2. The molecule has 0 aliphatic heterocycles. The number of para-hydroxylation sites is 2. The smallest absolute Gasteiger partial charge is 0.143 e. The standard InChI is InChI=1S/C20H17N3OS/c1-12-7-8-14(9-13(12)2)15-10-25-20-18(15)19(21-11-22-20)23-16-5-3-4-6-17(16)24/h3-11,24H,1-2H3,(H,21,22,23). The molecule has 5 heteroatoms. The molecule has 2 aromatic heterocycles. The summed E-state index contributed by atoms with van der Waals surface area (Å²) in [6, 6.07) is 13.6. The Kier molecular flexibility index (Phi) is 3.86. The average Bonchev–Trinajstić information content (AvgIpc) is 3.04. The number of rotatable bonds is 3. The van der Waals surface area contributed by atoms with E-state index in [2.05, 4.69) is 52.7 Å². The summed E-state index contributed by atoms with van der Waals surface area (Å²) in [4.78, 5) is 9.73. The van der Waals surface area contributed by atoms with Crippen molar-refractivity contribution in [2.45, 2.75) is 13.8 Å². The molecular weight excluding hydrogens is 330 g/mol. The number of phenolic OH excluding ortho intramolecular Hbond substituents is 1. The molecule has 0 bridgehead atoms. The van der Waals surface area contributed by atoms with Gasteiger partial charge in [0.2, 0.25) is 0 Å². The summed E-state index contributed by atoms with van der Waals surface area (Å²) >= 11 is 1.59. The number of aromatic nitrogens is 2. The summed E-state index contributed by atoms with van der Waals surface area (Å²) < 4.78 is 0. The first-order valence-electron chi connectivity index (χ1n) is 7.98. The minimum Gasteiger partial charge on any atom is -0.506 e. The highest BCUT2D eigenvalue weighted by molar-refractivity contribution is 7.17. The Balaban J connectivity index is 1.87. The monoisotopic (exact) mass is 347 g/mol. The number of benzene rings is 2. The molecule has 0 aliphatic rings. The summed E-state index contributed by atoms with van der Waals surface area (Å²) in [5.41, 5.74) is 5.39. The summed E-state index contributed by atoms with van der Waals surface area (Å²) in [6.07, 6.45) is 1.55. The summed E-state index contributed by atoms with van der Waals surface area (Å²) in [5.74, 6) is 0.887. The number of anilines is 2. The topological polar surface area (TPSA) is 58.0 Å². The molecule has 0 saturated heterocycles. The van der Waals surface area contributed by atoms with Crippen LogP contribution in [0.25, 0.3) is 21.3 Å². The molecule has 0 amide bonds. The molecule has 0 unspecified atom stereocenters. The molecule has 0 aliphatic carbocycles. The van der Waals surface area contributed by atoms with Crippen LogP contribution in [0.2, 0.25) is 0 Å². The van der Waals surface area contributed by atoms with Gasteiger partial charge >= 0.3 is 0 Å². The van der Waals surface area contributed by atoms with Gasteiger partial charge < -0.3 is 10.4 Å². The number of hydrogen-bond donors (Lipinski definition) is 2. The first-order chi connectivity index (χ1) is 12.1. The maximum atomic E-state index is 10.0. The minimum absolute atomic E-state index is 0.192. The molecule has 2 heterocycles. The third-order valence-electron chi connectivity index (χ3n) is 4.35. The van der Waals surface area contributed by atoms with E-state index in [1.54, 1.807) is 29.8 Å².